The zero-order valence-corrected chi connectivity index (χ0v) is 15.4. The van der Waals surface area contributed by atoms with Crippen LogP contribution >= 0.6 is 0 Å². The molecule has 3 unspecified atom stereocenters. The van der Waals surface area contributed by atoms with Gasteiger partial charge in [-0.15, -0.1) is 0 Å². The Labute approximate surface area is 156 Å². The second-order valence-electron chi connectivity index (χ2n) is 8.28. The highest BCUT2D eigenvalue weighted by Crippen LogP contribution is 2.44. The van der Waals surface area contributed by atoms with Crippen molar-refractivity contribution >= 4 is 0 Å². The lowest BCUT2D eigenvalue weighted by atomic mass is 9.67. The predicted octanol–water partition coefficient (Wildman–Crippen LogP) is 4.78. The third kappa shape index (κ3) is 3.14. The summed E-state index contributed by atoms with van der Waals surface area (Å²) in [6.07, 6.45) is 10.5. The van der Waals surface area contributed by atoms with Crippen molar-refractivity contribution in [2.75, 3.05) is 13.1 Å². The normalized spacial score (nSPS) is 29.2. The van der Waals surface area contributed by atoms with Crippen LogP contribution in [0.2, 0.25) is 0 Å². The molecular weight excluding hydrogens is 320 g/mol. The number of aromatic nitrogens is 1. The summed E-state index contributed by atoms with van der Waals surface area (Å²) in [7, 11) is 0. The van der Waals surface area contributed by atoms with Crippen LogP contribution in [0.3, 0.4) is 0 Å². The number of fused-ring (bicyclic) bond motifs is 1. The molecule has 2 heterocycles. The Morgan fingerprint density at radius 2 is 1.81 bits per heavy atom. The molecule has 26 heavy (non-hydrogen) atoms. The van der Waals surface area contributed by atoms with Gasteiger partial charge >= 0.3 is 0 Å². The third-order valence-corrected chi connectivity index (χ3v) is 6.79. The van der Waals surface area contributed by atoms with E-state index in [2.05, 4.69) is 34.1 Å². The van der Waals surface area contributed by atoms with Crippen LogP contribution in [0.5, 0.6) is 5.75 Å². The van der Waals surface area contributed by atoms with E-state index in [1.807, 2.05) is 24.4 Å². The van der Waals surface area contributed by atoms with Crippen LogP contribution in [-0.4, -0.2) is 35.1 Å². The van der Waals surface area contributed by atoms with Gasteiger partial charge in [-0.25, -0.2) is 0 Å². The number of hydrogen-bond acceptors (Lipinski definition) is 3. The van der Waals surface area contributed by atoms with Gasteiger partial charge in [-0.2, -0.15) is 0 Å². The molecule has 2 aliphatic carbocycles. The fourth-order valence-corrected chi connectivity index (χ4v) is 5.20. The van der Waals surface area contributed by atoms with Gasteiger partial charge in [0.15, 0.2) is 0 Å². The maximum absolute atomic E-state index is 6.37. The molecule has 0 bridgehead atoms. The van der Waals surface area contributed by atoms with Gasteiger partial charge in [0.25, 0.3) is 0 Å². The molecule has 3 atom stereocenters. The summed E-state index contributed by atoms with van der Waals surface area (Å²) in [6, 6.07) is 15.3. The van der Waals surface area contributed by atoms with Crippen molar-refractivity contribution in [1.29, 1.82) is 0 Å². The van der Waals surface area contributed by atoms with E-state index < -0.39 is 0 Å². The van der Waals surface area contributed by atoms with Crippen molar-refractivity contribution in [2.24, 2.45) is 11.8 Å². The molecule has 1 aromatic heterocycles. The summed E-state index contributed by atoms with van der Waals surface area (Å²) < 4.78 is 6.37. The van der Waals surface area contributed by atoms with Gasteiger partial charge in [0, 0.05) is 30.3 Å². The highest BCUT2D eigenvalue weighted by atomic mass is 16.5. The van der Waals surface area contributed by atoms with E-state index in [0.29, 0.717) is 6.10 Å². The lowest BCUT2D eigenvalue weighted by Crippen LogP contribution is -2.56. The smallest absolute Gasteiger partial charge is 0.119 e. The molecule has 3 heteroatoms. The number of likely N-dealkylation sites (tertiary alicyclic amines) is 1. The molecule has 3 fully saturated rings. The fourth-order valence-electron chi connectivity index (χ4n) is 5.20. The van der Waals surface area contributed by atoms with Gasteiger partial charge in [0.2, 0.25) is 0 Å². The summed E-state index contributed by atoms with van der Waals surface area (Å²) in [6.45, 7) is 2.57. The summed E-state index contributed by atoms with van der Waals surface area (Å²) in [5.74, 6) is 2.64. The Morgan fingerprint density at radius 1 is 0.962 bits per heavy atom. The lowest BCUT2D eigenvalue weighted by Gasteiger charge is -2.51. The Bertz CT molecular complexity index is 724. The van der Waals surface area contributed by atoms with Crippen molar-refractivity contribution < 1.29 is 4.74 Å². The zero-order chi connectivity index (χ0) is 17.3. The molecular formula is C23H28N2O. The fraction of sp³-hybridized carbons (Fsp3) is 0.522. The first-order valence-corrected chi connectivity index (χ1v) is 10.3. The zero-order valence-electron chi connectivity index (χ0n) is 15.4. The first-order chi connectivity index (χ1) is 12.9. The Hall–Kier alpha value is -1.87. The number of piperidine rings is 1. The highest BCUT2D eigenvalue weighted by molar-refractivity contribution is 5.59. The molecule has 1 aliphatic heterocycles. The molecule has 3 aliphatic rings. The van der Waals surface area contributed by atoms with E-state index in [0.717, 1.165) is 34.9 Å². The third-order valence-electron chi connectivity index (χ3n) is 6.79. The van der Waals surface area contributed by atoms with Crippen LogP contribution in [0.4, 0.5) is 0 Å². The average molecular weight is 348 g/mol. The van der Waals surface area contributed by atoms with E-state index >= 15 is 0 Å². The van der Waals surface area contributed by atoms with Crippen molar-refractivity contribution in [3.8, 4) is 17.0 Å². The minimum absolute atomic E-state index is 0.407. The Kier molecular flexibility index (Phi) is 4.41. The topological polar surface area (TPSA) is 25.4 Å². The number of benzene rings is 1. The monoisotopic (exact) mass is 348 g/mol. The first-order valence-electron chi connectivity index (χ1n) is 10.3. The van der Waals surface area contributed by atoms with Crippen molar-refractivity contribution in [2.45, 2.75) is 50.7 Å². The number of ether oxygens (including phenoxy) is 1. The van der Waals surface area contributed by atoms with E-state index in [1.54, 1.807) is 0 Å². The van der Waals surface area contributed by atoms with Crippen LogP contribution in [0, 0.1) is 11.8 Å². The van der Waals surface area contributed by atoms with E-state index in [9.17, 15) is 0 Å². The second kappa shape index (κ2) is 7.03. The lowest BCUT2D eigenvalue weighted by molar-refractivity contribution is -0.0721. The number of rotatable bonds is 4. The van der Waals surface area contributed by atoms with Gasteiger partial charge in [0.05, 0.1) is 5.69 Å². The molecule has 1 aromatic carbocycles. The van der Waals surface area contributed by atoms with Crippen molar-refractivity contribution in [3.63, 3.8) is 0 Å². The number of nitrogens with zero attached hydrogens (tertiary/aromatic N) is 2. The predicted molar refractivity (Wildman–Crippen MR) is 104 cm³/mol. The molecule has 0 radical (unpaired) electrons. The average Bonchev–Trinajstić information content (AvgIpc) is 3.22. The molecule has 2 saturated carbocycles. The highest BCUT2D eigenvalue weighted by Gasteiger charge is 2.46. The largest absolute Gasteiger partial charge is 0.490 e. The Morgan fingerprint density at radius 3 is 2.58 bits per heavy atom. The van der Waals surface area contributed by atoms with Crippen LogP contribution in [-0.2, 0) is 0 Å². The first kappa shape index (κ1) is 16.3. The van der Waals surface area contributed by atoms with E-state index in [-0.39, 0.29) is 0 Å². The molecule has 0 amide bonds. The molecule has 0 spiro atoms. The minimum atomic E-state index is 0.407. The molecule has 5 rings (SSSR count). The standard InChI is InChI=1S/C23H28N2O/c1-2-6-19(5-1)25-14-12-18-15-23(21(18)16-25)26-20-10-8-17(9-11-20)22-7-3-4-13-24-22/h3-4,7-11,13,18-19,21,23H,1-2,5-6,12,14-16H2. The van der Waals surface area contributed by atoms with Crippen LogP contribution < -0.4 is 4.74 Å². The molecule has 136 valence electrons. The van der Waals surface area contributed by atoms with Crippen LogP contribution in [0.1, 0.15) is 38.5 Å². The molecule has 0 N–H and O–H groups in total. The van der Waals surface area contributed by atoms with Gasteiger partial charge < -0.3 is 4.74 Å². The minimum Gasteiger partial charge on any atom is -0.490 e. The summed E-state index contributed by atoms with van der Waals surface area (Å²) >= 11 is 0. The molecule has 2 aromatic rings. The second-order valence-corrected chi connectivity index (χ2v) is 8.28. The van der Waals surface area contributed by atoms with Gasteiger partial charge in [-0.3, -0.25) is 9.88 Å². The van der Waals surface area contributed by atoms with Gasteiger partial charge in [-0.05, 0) is 74.5 Å². The number of hydrogen-bond donors (Lipinski definition) is 0. The summed E-state index contributed by atoms with van der Waals surface area (Å²) in [4.78, 5) is 7.19. The van der Waals surface area contributed by atoms with Gasteiger partial charge in [-0.1, -0.05) is 18.9 Å². The SMILES string of the molecule is c1ccc(-c2ccc(OC3CC4CCN(C5CCCC5)CC43)cc2)nc1. The summed E-state index contributed by atoms with van der Waals surface area (Å²) in [5, 5.41) is 0. The van der Waals surface area contributed by atoms with Crippen LogP contribution in [0.15, 0.2) is 48.7 Å². The maximum Gasteiger partial charge on any atom is 0.119 e. The van der Waals surface area contributed by atoms with Crippen molar-refractivity contribution in [3.05, 3.63) is 48.7 Å². The van der Waals surface area contributed by atoms with Crippen molar-refractivity contribution in [1.82, 2.24) is 9.88 Å². The maximum atomic E-state index is 6.37. The molecule has 1 saturated heterocycles. The number of pyridine rings is 1. The summed E-state index contributed by atoms with van der Waals surface area (Å²) in [5.41, 5.74) is 2.16. The molecule has 3 nitrogen and oxygen atoms in total. The van der Waals surface area contributed by atoms with E-state index in [1.165, 1.54) is 51.6 Å². The van der Waals surface area contributed by atoms with E-state index in [4.69, 9.17) is 4.74 Å². The van der Waals surface area contributed by atoms with Crippen LogP contribution in [0.25, 0.3) is 11.3 Å². The Balaban J connectivity index is 1.21. The van der Waals surface area contributed by atoms with Gasteiger partial charge in [0.1, 0.15) is 11.9 Å². The quantitative estimate of drug-likeness (QED) is 0.795.